The maximum absolute atomic E-state index is 11.8. The minimum Gasteiger partial charge on any atom is -0.444 e. The monoisotopic (exact) mass is 270 g/mol. The summed E-state index contributed by atoms with van der Waals surface area (Å²) in [5.41, 5.74) is -0.145. The van der Waals surface area contributed by atoms with Crippen LogP contribution in [-0.2, 0) is 4.74 Å². The minimum atomic E-state index is -0.597. The maximum atomic E-state index is 11.8. The molecule has 0 radical (unpaired) electrons. The number of hydrogen-bond acceptors (Lipinski definition) is 5. The van der Waals surface area contributed by atoms with Gasteiger partial charge in [-0.1, -0.05) is 0 Å². The van der Waals surface area contributed by atoms with E-state index in [9.17, 15) is 9.59 Å². The zero-order chi connectivity index (χ0) is 13.9. The van der Waals surface area contributed by atoms with E-state index in [2.05, 4.69) is 10.3 Å². The van der Waals surface area contributed by atoms with Crippen molar-refractivity contribution >= 4 is 23.2 Å². The third kappa shape index (κ3) is 4.44. The molecule has 0 aromatic carbocycles. The molecule has 18 heavy (non-hydrogen) atoms. The van der Waals surface area contributed by atoms with Crippen LogP contribution in [0.2, 0.25) is 0 Å². The van der Waals surface area contributed by atoms with Gasteiger partial charge in [-0.25, -0.2) is 9.78 Å². The van der Waals surface area contributed by atoms with Crippen molar-refractivity contribution in [3.8, 4) is 0 Å². The number of Topliss-reactive ketones (excluding diaryl/α,β-unsaturated/α-hetero) is 1. The van der Waals surface area contributed by atoms with Crippen molar-refractivity contribution in [2.75, 3.05) is 6.54 Å². The van der Waals surface area contributed by atoms with Gasteiger partial charge in [-0.3, -0.25) is 4.79 Å². The van der Waals surface area contributed by atoms with Gasteiger partial charge >= 0.3 is 6.09 Å². The van der Waals surface area contributed by atoms with Gasteiger partial charge in [0, 0.05) is 4.88 Å². The Bertz CT molecular complexity index is 460. The summed E-state index contributed by atoms with van der Waals surface area (Å²) in [6, 6.07) is 0. The minimum absolute atomic E-state index is 0.0983. The second kappa shape index (κ2) is 5.48. The van der Waals surface area contributed by atoms with E-state index in [1.807, 2.05) is 13.8 Å². The second-order valence-corrected chi connectivity index (χ2v) is 6.32. The Hall–Kier alpha value is -1.43. The van der Waals surface area contributed by atoms with Crippen molar-refractivity contribution in [1.82, 2.24) is 10.3 Å². The third-order valence-electron chi connectivity index (χ3n) is 1.96. The molecule has 1 aromatic rings. The van der Waals surface area contributed by atoms with Gasteiger partial charge in [0.2, 0.25) is 5.78 Å². The summed E-state index contributed by atoms with van der Waals surface area (Å²) in [6.07, 6.45) is -0.597. The molecule has 0 aliphatic heterocycles. The fourth-order valence-electron chi connectivity index (χ4n) is 1.34. The molecular formula is C12H18N2O3S. The first kappa shape index (κ1) is 14.6. The Morgan fingerprint density at radius 2 is 1.94 bits per heavy atom. The summed E-state index contributed by atoms with van der Waals surface area (Å²) >= 11 is 1.47. The zero-order valence-electron chi connectivity index (χ0n) is 11.3. The summed E-state index contributed by atoms with van der Waals surface area (Å²) in [4.78, 5) is 28.2. The van der Waals surface area contributed by atoms with Crippen molar-refractivity contribution in [1.29, 1.82) is 0 Å². The highest BCUT2D eigenvalue weighted by Crippen LogP contribution is 2.16. The van der Waals surface area contributed by atoms with Crippen molar-refractivity contribution in [3.05, 3.63) is 15.6 Å². The SMILES string of the molecule is Cc1nc(C(=O)CNC(=O)OC(C)(C)C)c(C)s1. The molecule has 0 saturated heterocycles. The molecule has 100 valence electrons. The summed E-state index contributed by atoms with van der Waals surface area (Å²) < 4.78 is 5.04. The molecule has 0 aliphatic rings. The Balaban J connectivity index is 2.52. The van der Waals surface area contributed by atoms with Gasteiger partial charge in [-0.15, -0.1) is 11.3 Å². The van der Waals surface area contributed by atoms with E-state index >= 15 is 0 Å². The normalized spacial score (nSPS) is 11.2. The number of ether oxygens (including phenoxy) is 1. The van der Waals surface area contributed by atoms with Crippen LogP contribution in [0.4, 0.5) is 4.79 Å². The molecule has 1 N–H and O–H groups in total. The predicted molar refractivity (Wildman–Crippen MR) is 70.2 cm³/mol. The largest absolute Gasteiger partial charge is 0.444 e. The third-order valence-corrected chi connectivity index (χ3v) is 2.85. The van der Waals surface area contributed by atoms with E-state index in [1.54, 1.807) is 20.8 Å². The molecular weight excluding hydrogens is 252 g/mol. The Morgan fingerprint density at radius 3 is 2.39 bits per heavy atom. The summed E-state index contributed by atoms with van der Waals surface area (Å²) in [6.45, 7) is 8.88. The Labute approximate surface area is 111 Å². The van der Waals surface area contributed by atoms with Gasteiger partial charge in [-0.05, 0) is 34.6 Å². The first-order valence-electron chi connectivity index (χ1n) is 5.63. The van der Waals surface area contributed by atoms with Crippen molar-refractivity contribution in [3.63, 3.8) is 0 Å². The van der Waals surface area contributed by atoms with Crippen LogP contribution in [0.25, 0.3) is 0 Å². The van der Waals surface area contributed by atoms with Gasteiger partial charge in [0.15, 0.2) is 0 Å². The van der Waals surface area contributed by atoms with Gasteiger partial charge in [0.25, 0.3) is 0 Å². The van der Waals surface area contributed by atoms with Gasteiger partial charge < -0.3 is 10.1 Å². The number of carbonyl (C=O) groups is 2. The molecule has 0 fully saturated rings. The molecule has 6 heteroatoms. The average Bonchev–Trinajstić information content (AvgIpc) is 2.52. The molecule has 0 atom stereocenters. The fraction of sp³-hybridized carbons (Fsp3) is 0.583. The van der Waals surface area contributed by atoms with E-state index in [-0.39, 0.29) is 12.3 Å². The first-order valence-corrected chi connectivity index (χ1v) is 6.45. The topological polar surface area (TPSA) is 68.3 Å². The van der Waals surface area contributed by atoms with Crippen LogP contribution in [-0.4, -0.2) is 29.0 Å². The van der Waals surface area contributed by atoms with Crippen molar-refractivity contribution in [2.45, 2.75) is 40.2 Å². The van der Waals surface area contributed by atoms with E-state index in [4.69, 9.17) is 4.74 Å². The fourth-order valence-corrected chi connectivity index (χ4v) is 2.17. The number of amides is 1. The van der Waals surface area contributed by atoms with Crippen LogP contribution < -0.4 is 5.32 Å². The van der Waals surface area contributed by atoms with Crippen LogP contribution in [0, 0.1) is 13.8 Å². The lowest BCUT2D eigenvalue weighted by Gasteiger charge is -2.19. The maximum Gasteiger partial charge on any atom is 0.408 e. The molecule has 1 amide bonds. The smallest absolute Gasteiger partial charge is 0.408 e. The standard InChI is InChI=1S/C12H18N2O3S/c1-7-10(14-8(2)18-7)9(15)6-13-11(16)17-12(3,4)5/h6H2,1-5H3,(H,13,16). The number of ketones is 1. The molecule has 5 nitrogen and oxygen atoms in total. The highest BCUT2D eigenvalue weighted by molar-refractivity contribution is 7.11. The molecule has 0 unspecified atom stereocenters. The van der Waals surface area contributed by atoms with Crippen LogP contribution in [0.5, 0.6) is 0 Å². The predicted octanol–water partition coefficient (Wildman–Crippen LogP) is 2.47. The number of nitrogens with zero attached hydrogens (tertiary/aromatic N) is 1. The molecule has 0 aliphatic carbocycles. The first-order chi connectivity index (χ1) is 8.19. The van der Waals surface area contributed by atoms with E-state index in [1.165, 1.54) is 11.3 Å². The Morgan fingerprint density at radius 1 is 1.33 bits per heavy atom. The van der Waals surface area contributed by atoms with Crippen molar-refractivity contribution < 1.29 is 14.3 Å². The lowest BCUT2D eigenvalue weighted by molar-refractivity contribution is 0.0520. The number of rotatable bonds is 3. The highest BCUT2D eigenvalue weighted by Gasteiger charge is 2.18. The summed E-state index contributed by atoms with van der Waals surface area (Å²) in [7, 11) is 0. The molecule has 1 heterocycles. The van der Waals surface area contributed by atoms with Gasteiger partial charge in [0.1, 0.15) is 11.3 Å². The van der Waals surface area contributed by atoms with E-state index in [0.717, 1.165) is 9.88 Å². The van der Waals surface area contributed by atoms with Crippen LogP contribution >= 0.6 is 11.3 Å². The number of aryl methyl sites for hydroxylation is 2. The molecule has 0 saturated carbocycles. The number of aromatic nitrogens is 1. The molecule has 1 rings (SSSR count). The van der Waals surface area contributed by atoms with Crippen LogP contribution in [0.3, 0.4) is 0 Å². The second-order valence-electron chi connectivity index (χ2n) is 4.92. The lowest BCUT2D eigenvalue weighted by Crippen LogP contribution is -2.35. The van der Waals surface area contributed by atoms with Gasteiger partial charge in [-0.2, -0.15) is 0 Å². The summed E-state index contributed by atoms with van der Waals surface area (Å²) in [5.74, 6) is -0.206. The number of hydrogen-bond donors (Lipinski definition) is 1. The molecule has 0 spiro atoms. The van der Waals surface area contributed by atoms with Crippen LogP contribution in [0.15, 0.2) is 0 Å². The number of nitrogens with one attached hydrogen (secondary N) is 1. The van der Waals surface area contributed by atoms with Crippen molar-refractivity contribution in [2.24, 2.45) is 0 Å². The zero-order valence-corrected chi connectivity index (χ0v) is 12.1. The number of carbonyl (C=O) groups excluding carboxylic acids is 2. The van der Waals surface area contributed by atoms with E-state index < -0.39 is 11.7 Å². The summed E-state index contributed by atoms with van der Waals surface area (Å²) in [5, 5.41) is 3.27. The van der Waals surface area contributed by atoms with Crippen LogP contribution in [0.1, 0.15) is 41.1 Å². The number of alkyl carbamates (subject to hydrolysis) is 1. The molecule has 1 aromatic heterocycles. The molecule has 0 bridgehead atoms. The average molecular weight is 270 g/mol. The van der Waals surface area contributed by atoms with Gasteiger partial charge in [0.05, 0.1) is 11.6 Å². The van der Waals surface area contributed by atoms with E-state index in [0.29, 0.717) is 5.69 Å². The highest BCUT2D eigenvalue weighted by atomic mass is 32.1. The Kier molecular flexibility index (Phi) is 4.45. The number of thiazole rings is 1. The quantitative estimate of drug-likeness (QED) is 0.857. The lowest BCUT2D eigenvalue weighted by atomic mass is 10.2.